The van der Waals surface area contributed by atoms with Crippen LogP contribution in [0.2, 0.25) is 0 Å². The van der Waals surface area contributed by atoms with Crippen molar-refractivity contribution in [3.8, 4) is 0 Å². The van der Waals surface area contributed by atoms with Crippen molar-refractivity contribution in [2.75, 3.05) is 37.6 Å². The average molecular weight is 529 g/mol. The first-order valence-corrected chi connectivity index (χ1v) is 13.6. The van der Waals surface area contributed by atoms with E-state index in [1.165, 1.54) is 24.5 Å². The van der Waals surface area contributed by atoms with Gasteiger partial charge in [-0.3, -0.25) is 14.5 Å². The molecule has 3 aliphatic rings. The van der Waals surface area contributed by atoms with Crippen molar-refractivity contribution < 1.29 is 22.8 Å². The Kier molecular flexibility index (Phi) is 7.93. The molecule has 204 valence electrons. The number of nitrogens with zero attached hydrogens (tertiary/aromatic N) is 2. The molecule has 0 aromatic heterocycles. The number of benzene rings is 2. The topological polar surface area (TPSA) is 64.7 Å². The second-order valence-electron chi connectivity index (χ2n) is 10.7. The molecule has 1 saturated carbocycles. The number of rotatable bonds is 7. The SMILES string of the molecule is O=C(CNC(=O)c1cc(C(F)(F)F)ccc1N1CCCC1)NC1CN(C2CCC(c3ccccc3)CC2)C1. The summed E-state index contributed by atoms with van der Waals surface area (Å²) < 4.78 is 39.9. The number of carbonyl (C=O) groups excluding carboxylic acids is 2. The highest BCUT2D eigenvalue weighted by Gasteiger charge is 2.36. The van der Waals surface area contributed by atoms with Crippen LogP contribution in [0.1, 0.15) is 65.9 Å². The van der Waals surface area contributed by atoms with E-state index < -0.39 is 17.6 Å². The van der Waals surface area contributed by atoms with E-state index in [0.717, 1.165) is 50.9 Å². The maximum absolute atomic E-state index is 13.3. The van der Waals surface area contributed by atoms with E-state index >= 15 is 0 Å². The molecule has 9 heteroatoms. The zero-order chi connectivity index (χ0) is 26.7. The summed E-state index contributed by atoms with van der Waals surface area (Å²) >= 11 is 0. The van der Waals surface area contributed by atoms with Crippen molar-refractivity contribution in [3.05, 3.63) is 65.2 Å². The Balaban J connectivity index is 1.08. The van der Waals surface area contributed by atoms with Crippen molar-refractivity contribution in [3.63, 3.8) is 0 Å². The number of hydrogen-bond acceptors (Lipinski definition) is 4. The van der Waals surface area contributed by atoms with Crippen molar-refractivity contribution in [2.24, 2.45) is 0 Å². The van der Waals surface area contributed by atoms with E-state index in [2.05, 4.69) is 39.8 Å². The summed E-state index contributed by atoms with van der Waals surface area (Å²) in [5, 5.41) is 5.48. The minimum absolute atomic E-state index is 0.0277. The van der Waals surface area contributed by atoms with Gasteiger partial charge in [-0.2, -0.15) is 13.2 Å². The lowest BCUT2D eigenvalue weighted by molar-refractivity contribution is -0.137. The van der Waals surface area contributed by atoms with Crippen LogP contribution in [0.5, 0.6) is 0 Å². The molecule has 2 aromatic carbocycles. The van der Waals surface area contributed by atoms with E-state index in [4.69, 9.17) is 0 Å². The molecule has 0 atom stereocenters. The Morgan fingerprint density at radius 1 is 0.921 bits per heavy atom. The van der Waals surface area contributed by atoms with Gasteiger partial charge in [-0.25, -0.2) is 0 Å². The van der Waals surface area contributed by atoms with E-state index in [1.807, 2.05) is 11.0 Å². The molecule has 0 bridgehead atoms. The second-order valence-corrected chi connectivity index (χ2v) is 10.7. The Morgan fingerprint density at radius 3 is 2.26 bits per heavy atom. The van der Waals surface area contributed by atoms with Gasteiger partial charge in [0.05, 0.1) is 23.7 Å². The monoisotopic (exact) mass is 528 g/mol. The van der Waals surface area contributed by atoms with Gasteiger partial charge in [0.2, 0.25) is 5.91 Å². The molecule has 2 N–H and O–H groups in total. The second kappa shape index (κ2) is 11.4. The number of anilines is 1. The summed E-state index contributed by atoms with van der Waals surface area (Å²) in [4.78, 5) is 29.7. The van der Waals surface area contributed by atoms with Crippen molar-refractivity contribution in [1.29, 1.82) is 0 Å². The first-order valence-electron chi connectivity index (χ1n) is 13.6. The van der Waals surface area contributed by atoms with Gasteiger partial charge in [0.25, 0.3) is 5.91 Å². The summed E-state index contributed by atoms with van der Waals surface area (Å²) in [6, 6.07) is 14.5. The number of halogens is 3. The molecular formula is C29H35F3N4O2. The quantitative estimate of drug-likeness (QED) is 0.553. The molecule has 2 aliphatic heterocycles. The van der Waals surface area contributed by atoms with Crippen LogP contribution < -0.4 is 15.5 Å². The molecule has 2 amide bonds. The number of likely N-dealkylation sites (tertiary alicyclic amines) is 1. The fourth-order valence-electron chi connectivity index (χ4n) is 6.06. The molecule has 0 spiro atoms. The molecular weight excluding hydrogens is 493 g/mol. The number of nitrogens with one attached hydrogen (secondary N) is 2. The maximum atomic E-state index is 13.3. The van der Waals surface area contributed by atoms with Gasteiger partial charge in [0, 0.05) is 37.9 Å². The molecule has 38 heavy (non-hydrogen) atoms. The van der Waals surface area contributed by atoms with Crippen LogP contribution in [0.3, 0.4) is 0 Å². The third-order valence-electron chi connectivity index (χ3n) is 8.18. The lowest BCUT2D eigenvalue weighted by atomic mass is 9.80. The highest BCUT2D eigenvalue weighted by Crippen LogP contribution is 2.36. The van der Waals surface area contributed by atoms with Gasteiger partial charge in [0.1, 0.15) is 0 Å². The Labute approximate surface area is 221 Å². The molecule has 0 radical (unpaired) electrons. The van der Waals surface area contributed by atoms with Crippen LogP contribution in [0.15, 0.2) is 48.5 Å². The van der Waals surface area contributed by atoms with Crippen LogP contribution in [0, 0.1) is 0 Å². The van der Waals surface area contributed by atoms with E-state index in [-0.39, 0.29) is 24.1 Å². The van der Waals surface area contributed by atoms with Crippen LogP contribution in [-0.2, 0) is 11.0 Å². The normalized spacial score (nSPS) is 22.7. The highest BCUT2D eigenvalue weighted by molar-refractivity contribution is 6.01. The lowest BCUT2D eigenvalue weighted by Crippen LogP contribution is -2.63. The summed E-state index contributed by atoms with van der Waals surface area (Å²) in [6.07, 6.45) is 1.94. The van der Waals surface area contributed by atoms with E-state index in [9.17, 15) is 22.8 Å². The minimum Gasteiger partial charge on any atom is -0.371 e. The zero-order valence-corrected chi connectivity index (χ0v) is 21.5. The molecule has 5 rings (SSSR count). The third kappa shape index (κ3) is 6.14. The maximum Gasteiger partial charge on any atom is 0.416 e. The third-order valence-corrected chi connectivity index (χ3v) is 8.18. The average Bonchev–Trinajstić information content (AvgIpc) is 3.44. The number of hydrogen-bond donors (Lipinski definition) is 2. The van der Waals surface area contributed by atoms with Crippen LogP contribution in [0.25, 0.3) is 0 Å². The van der Waals surface area contributed by atoms with Gasteiger partial charge in [-0.15, -0.1) is 0 Å². The fraction of sp³-hybridized carbons (Fsp3) is 0.517. The molecule has 3 fully saturated rings. The van der Waals surface area contributed by atoms with E-state index in [1.54, 1.807) is 0 Å². The first-order chi connectivity index (χ1) is 18.3. The summed E-state index contributed by atoms with van der Waals surface area (Å²) in [5.74, 6) is -0.375. The van der Waals surface area contributed by atoms with Crippen LogP contribution >= 0.6 is 0 Å². The largest absolute Gasteiger partial charge is 0.416 e. The van der Waals surface area contributed by atoms with Crippen molar-refractivity contribution in [1.82, 2.24) is 15.5 Å². The van der Waals surface area contributed by atoms with Gasteiger partial charge in [0.15, 0.2) is 0 Å². The van der Waals surface area contributed by atoms with Crippen LogP contribution in [-0.4, -0.2) is 61.5 Å². The summed E-state index contributed by atoms with van der Waals surface area (Å²) in [5.41, 5.74) is 0.974. The molecule has 6 nitrogen and oxygen atoms in total. The Morgan fingerprint density at radius 2 is 1.61 bits per heavy atom. The fourth-order valence-corrected chi connectivity index (χ4v) is 6.06. The smallest absolute Gasteiger partial charge is 0.371 e. The highest BCUT2D eigenvalue weighted by atomic mass is 19.4. The van der Waals surface area contributed by atoms with Gasteiger partial charge in [-0.05, 0) is 68.2 Å². The predicted octanol–water partition coefficient (Wildman–Crippen LogP) is 4.56. The number of amides is 2. The Bertz CT molecular complexity index is 1120. The summed E-state index contributed by atoms with van der Waals surface area (Å²) in [6.45, 7) is 2.68. The predicted molar refractivity (Wildman–Crippen MR) is 140 cm³/mol. The van der Waals surface area contributed by atoms with E-state index in [0.29, 0.717) is 30.7 Å². The molecule has 2 aromatic rings. The van der Waals surface area contributed by atoms with Crippen molar-refractivity contribution in [2.45, 2.75) is 62.7 Å². The van der Waals surface area contributed by atoms with Crippen molar-refractivity contribution >= 4 is 17.5 Å². The molecule has 2 heterocycles. The zero-order valence-electron chi connectivity index (χ0n) is 21.5. The summed E-state index contributed by atoms with van der Waals surface area (Å²) in [7, 11) is 0. The Hall–Kier alpha value is -3.07. The molecule has 0 unspecified atom stereocenters. The van der Waals surface area contributed by atoms with Crippen LogP contribution in [0.4, 0.5) is 18.9 Å². The molecule has 2 saturated heterocycles. The lowest BCUT2D eigenvalue weighted by Gasteiger charge is -2.46. The number of alkyl halides is 3. The van der Waals surface area contributed by atoms with Gasteiger partial charge < -0.3 is 15.5 Å². The minimum atomic E-state index is -4.55. The standard InChI is InChI=1S/C29H35F3N4O2/c30-29(31,32)22-10-13-26(35-14-4-5-15-35)25(16-22)28(38)33-17-27(37)34-23-18-36(19-23)24-11-8-21(9-12-24)20-6-2-1-3-7-20/h1-3,6-7,10,13,16,21,23-24H,4-5,8-9,11-12,14-15,17-19H2,(H,33,38)(H,34,37). The van der Waals surface area contributed by atoms with Gasteiger partial charge >= 0.3 is 6.18 Å². The van der Waals surface area contributed by atoms with Gasteiger partial charge in [-0.1, -0.05) is 30.3 Å². The molecule has 1 aliphatic carbocycles. The number of carbonyl (C=O) groups is 2. The first kappa shape index (κ1) is 26.5.